The highest BCUT2D eigenvalue weighted by molar-refractivity contribution is 9.10. The largest absolute Gasteiger partial charge is 0.294 e. The molecule has 2 aromatic carbocycles. The molecule has 0 saturated carbocycles. The first kappa shape index (κ1) is 15.1. The number of halogens is 5. The van der Waals surface area contributed by atoms with Crippen molar-refractivity contribution in [3.8, 4) is 0 Å². The van der Waals surface area contributed by atoms with E-state index in [1.165, 1.54) is 6.07 Å². The molecule has 0 saturated heterocycles. The normalized spacial score (nSPS) is 10.7. The third-order valence-corrected chi connectivity index (χ3v) is 3.46. The molecule has 0 aliphatic heterocycles. The zero-order chi connectivity index (χ0) is 14.9. The number of carbonyl (C=O) groups is 1. The van der Waals surface area contributed by atoms with Gasteiger partial charge in [0.2, 0.25) is 0 Å². The lowest BCUT2D eigenvalue weighted by atomic mass is 10.0. The molecule has 1 nitrogen and oxygen atoms in total. The van der Waals surface area contributed by atoms with Crippen molar-refractivity contribution in [1.29, 1.82) is 0 Å². The second-order valence-electron chi connectivity index (χ2n) is 4.08. The van der Waals surface area contributed by atoms with Crippen LogP contribution in [0.1, 0.15) is 15.9 Å². The molecule has 0 atom stereocenters. The van der Waals surface area contributed by atoms with Gasteiger partial charge in [-0.1, -0.05) is 33.6 Å². The number of ketones is 1. The van der Waals surface area contributed by atoms with Crippen LogP contribution in [0, 0.1) is 17.5 Å². The van der Waals surface area contributed by atoms with E-state index in [0.29, 0.717) is 5.56 Å². The number of Topliss-reactive ketones (excluding diaryl/α,β-unsaturated/α-hetero) is 1. The van der Waals surface area contributed by atoms with Crippen molar-refractivity contribution in [3.05, 3.63) is 68.4 Å². The maximum Gasteiger partial charge on any atom is 0.173 e. The van der Waals surface area contributed by atoms with Crippen molar-refractivity contribution in [2.24, 2.45) is 0 Å². The van der Waals surface area contributed by atoms with Gasteiger partial charge in [0.1, 0.15) is 17.5 Å². The Labute approximate surface area is 126 Å². The molecule has 0 amide bonds. The van der Waals surface area contributed by atoms with Gasteiger partial charge in [-0.2, -0.15) is 0 Å². The average Bonchev–Trinajstić information content (AvgIpc) is 2.31. The van der Waals surface area contributed by atoms with E-state index in [0.717, 1.165) is 24.3 Å². The summed E-state index contributed by atoms with van der Waals surface area (Å²) in [7, 11) is 0. The second kappa shape index (κ2) is 5.97. The molecule has 0 fully saturated rings. The van der Waals surface area contributed by atoms with Gasteiger partial charge < -0.3 is 0 Å². The Morgan fingerprint density at radius 2 is 1.70 bits per heavy atom. The molecule has 0 aliphatic rings. The Bertz CT molecular complexity index is 665. The minimum Gasteiger partial charge on any atom is -0.294 e. The molecule has 104 valence electrons. The fourth-order valence-corrected chi connectivity index (χ4v) is 2.37. The van der Waals surface area contributed by atoms with Crippen LogP contribution in [0.15, 0.2) is 34.8 Å². The van der Waals surface area contributed by atoms with Gasteiger partial charge >= 0.3 is 0 Å². The SMILES string of the molecule is O=C(Cc1ccc(F)cc1Cl)c1c(F)cc(Br)cc1F. The van der Waals surface area contributed by atoms with Crippen molar-refractivity contribution < 1.29 is 18.0 Å². The summed E-state index contributed by atoms with van der Waals surface area (Å²) in [6, 6.07) is 5.48. The minimum absolute atomic E-state index is 0.0382. The van der Waals surface area contributed by atoms with E-state index in [1.807, 2.05) is 0 Å². The van der Waals surface area contributed by atoms with Crippen LogP contribution in [0.4, 0.5) is 13.2 Å². The molecule has 0 bridgehead atoms. The van der Waals surface area contributed by atoms with Crippen molar-refractivity contribution in [2.75, 3.05) is 0 Å². The van der Waals surface area contributed by atoms with Crippen molar-refractivity contribution in [3.63, 3.8) is 0 Å². The maximum absolute atomic E-state index is 13.6. The van der Waals surface area contributed by atoms with E-state index in [2.05, 4.69) is 15.9 Å². The van der Waals surface area contributed by atoms with Gasteiger partial charge in [0.15, 0.2) is 5.78 Å². The maximum atomic E-state index is 13.6. The van der Waals surface area contributed by atoms with Gasteiger partial charge in [-0.15, -0.1) is 0 Å². The predicted molar refractivity (Wildman–Crippen MR) is 73.5 cm³/mol. The molecular weight excluding hydrogens is 357 g/mol. The first-order valence-electron chi connectivity index (χ1n) is 5.50. The molecule has 2 aromatic rings. The van der Waals surface area contributed by atoms with Crippen LogP contribution in [0.3, 0.4) is 0 Å². The molecule has 0 aromatic heterocycles. The van der Waals surface area contributed by atoms with E-state index >= 15 is 0 Å². The second-order valence-corrected chi connectivity index (χ2v) is 5.40. The summed E-state index contributed by atoms with van der Waals surface area (Å²) in [6.07, 6.45) is -0.311. The third kappa shape index (κ3) is 3.22. The summed E-state index contributed by atoms with van der Waals surface area (Å²) < 4.78 is 40.4. The van der Waals surface area contributed by atoms with Crippen LogP contribution >= 0.6 is 27.5 Å². The fraction of sp³-hybridized carbons (Fsp3) is 0.0714. The topological polar surface area (TPSA) is 17.1 Å². The fourth-order valence-electron chi connectivity index (χ4n) is 1.73. The third-order valence-electron chi connectivity index (χ3n) is 2.65. The zero-order valence-corrected chi connectivity index (χ0v) is 12.2. The zero-order valence-electron chi connectivity index (χ0n) is 9.89. The van der Waals surface area contributed by atoms with Crippen LogP contribution in [-0.4, -0.2) is 5.78 Å². The number of hydrogen-bond acceptors (Lipinski definition) is 1. The van der Waals surface area contributed by atoms with Gasteiger partial charge in [0.05, 0.1) is 5.56 Å². The van der Waals surface area contributed by atoms with Gasteiger partial charge in [-0.3, -0.25) is 4.79 Å². The van der Waals surface area contributed by atoms with E-state index in [4.69, 9.17) is 11.6 Å². The predicted octanol–water partition coefficient (Wildman–Crippen LogP) is 4.95. The Kier molecular flexibility index (Phi) is 4.50. The van der Waals surface area contributed by atoms with Gasteiger partial charge in [0.25, 0.3) is 0 Å². The lowest BCUT2D eigenvalue weighted by Gasteiger charge is -2.07. The van der Waals surface area contributed by atoms with Crippen LogP contribution in [-0.2, 0) is 6.42 Å². The van der Waals surface area contributed by atoms with Crippen LogP contribution in [0.25, 0.3) is 0 Å². The van der Waals surface area contributed by atoms with E-state index in [9.17, 15) is 18.0 Å². The van der Waals surface area contributed by atoms with Crippen LogP contribution in [0.2, 0.25) is 5.02 Å². The molecule has 20 heavy (non-hydrogen) atoms. The summed E-state index contributed by atoms with van der Waals surface area (Å²) in [4.78, 5) is 12.0. The monoisotopic (exact) mass is 362 g/mol. The van der Waals surface area contributed by atoms with Crippen molar-refractivity contribution >= 4 is 33.3 Å². The molecule has 0 aliphatic carbocycles. The number of rotatable bonds is 3. The highest BCUT2D eigenvalue weighted by Gasteiger charge is 2.19. The first-order chi connectivity index (χ1) is 9.38. The smallest absolute Gasteiger partial charge is 0.173 e. The van der Waals surface area contributed by atoms with Gasteiger partial charge in [0, 0.05) is 15.9 Å². The van der Waals surface area contributed by atoms with E-state index < -0.39 is 28.8 Å². The molecule has 0 N–H and O–H groups in total. The Morgan fingerprint density at radius 1 is 1.10 bits per heavy atom. The van der Waals surface area contributed by atoms with E-state index in [1.54, 1.807) is 0 Å². The Balaban J connectivity index is 2.33. The highest BCUT2D eigenvalue weighted by Crippen LogP contribution is 2.23. The average molecular weight is 364 g/mol. The molecule has 0 heterocycles. The quantitative estimate of drug-likeness (QED) is 0.706. The van der Waals surface area contributed by atoms with Crippen LogP contribution < -0.4 is 0 Å². The Morgan fingerprint density at radius 3 is 2.25 bits per heavy atom. The molecule has 2 rings (SSSR count). The molecule has 0 radical (unpaired) electrons. The minimum atomic E-state index is -0.958. The number of carbonyl (C=O) groups excluding carboxylic acids is 1. The summed E-state index contributed by atoms with van der Waals surface area (Å²) in [5.41, 5.74) is -0.326. The highest BCUT2D eigenvalue weighted by atomic mass is 79.9. The summed E-state index contributed by atoms with van der Waals surface area (Å²) in [5, 5.41) is 0.0382. The standard InChI is InChI=1S/C14H7BrClF3O/c15-8-4-11(18)14(12(19)5-8)13(20)3-7-1-2-9(17)6-10(7)16/h1-2,4-6H,3H2. The Hall–Kier alpha value is -1.33. The lowest BCUT2D eigenvalue weighted by Crippen LogP contribution is -2.09. The first-order valence-corrected chi connectivity index (χ1v) is 6.67. The molecule has 6 heteroatoms. The number of hydrogen-bond donors (Lipinski definition) is 0. The van der Waals surface area contributed by atoms with Crippen LogP contribution in [0.5, 0.6) is 0 Å². The summed E-state index contributed by atoms with van der Waals surface area (Å²) in [5.74, 6) is -3.23. The van der Waals surface area contributed by atoms with Crippen molar-refractivity contribution in [2.45, 2.75) is 6.42 Å². The summed E-state index contributed by atoms with van der Waals surface area (Å²) >= 11 is 8.71. The van der Waals surface area contributed by atoms with E-state index in [-0.39, 0.29) is 15.9 Å². The molecular formula is C14H7BrClF3O. The van der Waals surface area contributed by atoms with Gasteiger partial charge in [-0.25, -0.2) is 13.2 Å². The van der Waals surface area contributed by atoms with Gasteiger partial charge in [-0.05, 0) is 29.8 Å². The lowest BCUT2D eigenvalue weighted by molar-refractivity contribution is 0.0985. The summed E-state index contributed by atoms with van der Waals surface area (Å²) in [6.45, 7) is 0. The molecule has 0 spiro atoms. The molecule has 0 unspecified atom stereocenters. The van der Waals surface area contributed by atoms with Crippen molar-refractivity contribution in [1.82, 2.24) is 0 Å². The number of benzene rings is 2.